The van der Waals surface area contributed by atoms with Gasteiger partial charge in [0.1, 0.15) is 5.69 Å². The van der Waals surface area contributed by atoms with Gasteiger partial charge in [0, 0.05) is 23.1 Å². The second-order valence-electron chi connectivity index (χ2n) is 6.51. The van der Waals surface area contributed by atoms with Crippen molar-refractivity contribution in [3.8, 4) is 11.3 Å². The minimum absolute atomic E-state index is 0.134. The van der Waals surface area contributed by atoms with Crippen molar-refractivity contribution >= 4 is 23.6 Å². The van der Waals surface area contributed by atoms with Crippen molar-refractivity contribution in [1.82, 2.24) is 10.1 Å². The van der Waals surface area contributed by atoms with E-state index in [1.807, 2.05) is 43.1 Å². The van der Waals surface area contributed by atoms with Crippen LogP contribution in [0, 0.1) is 6.92 Å². The van der Waals surface area contributed by atoms with Crippen LogP contribution in [-0.2, 0) is 11.3 Å². The van der Waals surface area contributed by atoms with Gasteiger partial charge in [-0.05, 0) is 37.9 Å². The van der Waals surface area contributed by atoms with Crippen LogP contribution in [-0.4, -0.2) is 35.8 Å². The van der Waals surface area contributed by atoms with Gasteiger partial charge in [-0.25, -0.2) is 0 Å². The molecule has 1 heterocycles. The number of anilines is 1. The van der Waals surface area contributed by atoms with E-state index in [1.165, 1.54) is 16.0 Å². The molecule has 3 aromatic rings. The van der Waals surface area contributed by atoms with E-state index < -0.39 is 0 Å². The normalized spacial score (nSPS) is 11.0. The molecule has 6 heteroatoms. The Balaban J connectivity index is 1.53. The Morgan fingerprint density at radius 2 is 1.85 bits per heavy atom. The van der Waals surface area contributed by atoms with E-state index in [4.69, 9.17) is 4.52 Å². The molecule has 0 atom stereocenters. The Hall–Kier alpha value is -2.57. The number of carbonyl (C=O) groups is 1. The smallest absolute Gasteiger partial charge is 0.240 e. The Bertz CT molecular complexity index is 889. The highest BCUT2D eigenvalue weighted by Gasteiger charge is 2.12. The highest BCUT2D eigenvalue weighted by Crippen LogP contribution is 2.22. The lowest BCUT2D eigenvalue weighted by Crippen LogP contribution is -2.29. The number of thioether (sulfide) groups is 1. The first kappa shape index (κ1) is 19.2. The molecule has 140 valence electrons. The van der Waals surface area contributed by atoms with Crippen LogP contribution in [0.1, 0.15) is 11.1 Å². The Morgan fingerprint density at radius 3 is 2.52 bits per heavy atom. The molecule has 0 saturated heterocycles. The molecular formula is C21H23N3O2S. The summed E-state index contributed by atoms with van der Waals surface area (Å²) < 4.78 is 5.24. The van der Waals surface area contributed by atoms with E-state index in [2.05, 4.69) is 41.0 Å². The van der Waals surface area contributed by atoms with Gasteiger partial charge in [0.2, 0.25) is 11.8 Å². The standard InChI is InChI=1S/C21H23N3O2S/c1-15-4-8-17(9-5-15)19-12-21(26-23-19)22-20(25)14-24(2)13-16-6-10-18(27-3)11-7-16/h4-12H,13-14H2,1-3H3,(H,22,25). The first-order chi connectivity index (χ1) is 13.0. The summed E-state index contributed by atoms with van der Waals surface area (Å²) in [4.78, 5) is 15.4. The number of amides is 1. The lowest BCUT2D eigenvalue weighted by atomic mass is 10.1. The van der Waals surface area contributed by atoms with Crippen LogP contribution < -0.4 is 5.32 Å². The van der Waals surface area contributed by atoms with E-state index in [1.54, 1.807) is 17.8 Å². The van der Waals surface area contributed by atoms with Crippen molar-refractivity contribution < 1.29 is 9.32 Å². The zero-order chi connectivity index (χ0) is 19.2. The van der Waals surface area contributed by atoms with E-state index in [0.29, 0.717) is 18.1 Å². The molecule has 0 spiro atoms. The summed E-state index contributed by atoms with van der Waals surface area (Å²) in [5, 5.41) is 6.79. The zero-order valence-electron chi connectivity index (χ0n) is 15.7. The SMILES string of the molecule is CSc1ccc(CN(C)CC(=O)Nc2cc(-c3ccc(C)cc3)no2)cc1. The average Bonchev–Trinajstić information content (AvgIpc) is 3.11. The maximum Gasteiger partial charge on any atom is 0.240 e. The Kier molecular flexibility index (Phi) is 6.32. The van der Waals surface area contributed by atoms with Gasteiger partial charge >= 0.3 is 0 Å². The highest BCUT2D eigenvalue weighted by atomic mass is 32.2. The van der Waals surface area contributed by atoms with Gasteiger partial charge in [0.15, 0.2) is 0 Å². The van der Waals surface area contributed by atoms with E-state index in [9.17, 15) is 4.79 Å². The fourth-order valence-corrected chi connectivity index (χ4v) is 3.12. The second-order valence-corrected chi connectivity index (χ2v) is 7.39. The molecule has 5 nitrogen and oxygen atoms in total. The molecule has 27 heavy (non-hydrogen) atoms. The molecule has 0 radical (unpaired) electrons. The third-order valence-electron chi connectivity index (χ3n) is 4.15. The van der Waals surface area contributed by atoms with Crippen LogP contribution in [0.2, 0.25) is 0 Å². The first-order valence-corrected chi connectivity index (χ1v) is 9.91. The van der Waals surface area contributed by atoms with Crippen LogP contribution in [0.4, 0.5) is 5.88 Å². The number of nitrogens with zero attached hydrogens (tertiary/aromatic N) is 2. The summed E-state index contributed by atoms with van der Waals surface area (Å²) in [5.41, 5.74) is 4.01. The molecule has 0 fully saturated rings. The maximum absolute atomic E-state index is 12.3. The molecule has 0 bridgehead atoms. The van der Waals surface area contributed by atoms with Crippen LogP contribution in [0.5, 0.6) is 0 Å². The number of aryl methyl sites for hydroxylation is 1. The first-order valence-electron chi connectivity index (χ1n) is 8.68. The molecule has 1 N–H and O–H groups in total. The number of aromatic nitrogens is 1. The van der Waals surface area contributed by atoms with Crippen molar-refractivity contribution in [2.75, 3.05) is 25.2 Å². The molecular weight excluding hydrogens is 358 g/mol. The summed E-state index contributed by atoms with van der Waals surface area (Å²) in [7, 11) is 1.92. The van der Waals surface area contributed by atoms with Gasteiger partial charge in [0.25, 0.3) is 0 Å². The molecule has 1 amide bonds. The van der Waals surface area contributed by atoms with E-state index >= 15 is 0 Å². The van der Waals surface area contributed by atoms with Gasteiger partial charge in [-0.15, -0.1) is 11.8 Å². The third-order valence-corrected chi connectivity index (χ3v) is 4.89. The summed E-state index contributed by atoms with van der Waals surface area (Å²) in [6.07, 6.45) is 2.05. The van der Waals surface area contributed by atoms with Crippen molar-refractivity contribution in [2.24, 2.45) is 0 Å². The predicted molar refractivity (Wildman–Crippen MR) is 110 cm³/mol. The maximum atomic E-state index is 12.3. The van der Waals surface area contributed by atoms with Crippen molar-refractivity contribution in [1.29, 1.82) is 0 Å². The average molecular weight is 382 g/mol. The lowest BCUT2D eigenvalue weighted by Gasteiger charge is -2.15. The topological polar surface area (TPSA) is 58.4 Å². The Morgan fingerprint density at radius 1 is 1.15 bits per heavy atom. The molecule has 0 unspecified atom stereocenters. The molecule has 0 aliphatic carbocycles. The molecule has 1 aromatic heterocycles. The summed E-state index contributed by atoms with van der Waals surface area (Å²) in [5.74, 6) is 0.220. The molecule has 3 rings (SSSR count). The number of nitrogens with one attached hydrogen (secondary N) is 1. The van der Waals surface area contributed by atoms with E-state index in [0.717, 1.165) is 5.56 Å². The number of hydrogen-bond acceptors (Lipinski definition) is 5. The Labute approximate surface area is 163 Å². The summed E-state index contributed by atoms with van der Waals surface area (Å²) in [6.45, 7) is 3.00. The number of likely N-dealkylation sites (N-methyl/N-ethyl adjacent to an activating group) is 1. The number of rotatable bonds is 7. The van der Waals surface area contributed by atoms with Gasteiger partial charge in [-0.3, -0.25) is 15.0 Å². The third kappa shape index (κ3) is 5.45. The predicted octanol–water partition coefficient (Wildman–Crippen LogP) is 4.44. The highest BCUT2D eigenvalue weighted by molar-refractivity contribution is 7.98. The van der Waals surface area contributed by atoms with Crippen LogP contribution in [0.15, 0.2) is 64.0 Å². The van der Waals surface area contributed by atoms with Crippen LogP contribution >= 0.6 is 11.8 Å². The number of carbonyl (C=O) groups excluding carboxylic acids is 1. The summed E-state index contributed by atoms with van der Waals surface area (Å²) in [6, 6.07) is 18.1. The fraction of sp³-hybridized carbons (Fsp3) is 0.238. The lowest BCUT2D eigenvalue weighted by molar-refractivity contribution is -0.117. The van der Waals surface area contributed by atoms with Crippen molar-refractivity contribution in [3.05, 3.63) is 65.7 Å². The van der Waals surface area contributed by atoms with Gasteiger partial charge < -0.3 is 4.52 Å². The minimum atomic E-state index is -0.134. The summed E-state index contributed by atoms with van der Waals surface area (Å²) >= 11 is 1.72. The monoisotopic (exact) mass is 381 g/mol. The van der Waals surface area contributed by atoms with Crippen molar-refractivity contribution in [3.63, 3.8) is 0 Å². The largest absolute Gasteiger partial charge is 0.338 e. The van der Waals surface area contributed by atoms with Crippen LogP contribution in [0.25, 0.3) is 11.3 Å². The van der Waals surface area contributed by atoms with Gasteiger partial charge in [0.05, 0.1) is 6.54 Å². The number of hydrogen-bond donors (Lipinski definition) is 1. The molecule has 2 aromatic carbocycles. The van der Waals surface area contributed by atoms with Gasteiger partial charge in [-0.1, -0.05) is 47.1 Å². The molecule has 0 saturated carbocycles. The van der Waals surface area contributed by atoms with Gasteiger partial charge in [-0.2, -0.15) is 0 Å². The zero-order valence-corrected chi connectivity index (χ0v) is 16.5. The second kappa shape index (κ2) is 8.88. The van der Waals surface area contributed by atoms with Crippen molar-refractivity contribution in [2.45, 2.75) is 18.4 Å². The quantitative estimate of drug-likeness (QED) is 0.613. The van der Waals surface area contributed by atoms with E-state index in [-0.39, 0.29) is 12.5 Å². The number of benzene rings is 2. The van der Waals surface area contributed by atoms with Crippen LogP contribution in [0.3, 0.4) is 0 Å². The molecule has 0 aliphatic heterocycles. The fourth-order valence-electron chi connectivity index (χ4n) is 2.72. The molecule has 0 aliphatic rings. The minimum Gasteiger partial charge on any atom is -0.338 e.